The van der Waals surface area contributed by atoms with Gasteiger partial charge in [0.15, 0.2) is 12.4 Å². The first kappa shape index (κ1) is 22.6. The van der Waals surface area contributed by atoms with E-state index in [4.69, 9.17) is 10.6 Å². The summed E-state index contributed by atoms with van der Waals surface area (Å²) in [7, 11) is 0. The second-order valence-electron chi connectivity index (χ2n) is 8.45. The number of amidine groups is 1. The number of benzene rings is 1. The molecular formula is C26H31N5O2. The topological polar surface area (TPSA) is 85.7 Å². The normalized spacial score (nSPS) is 14.4. The lowest BCUT2D eigenvalue weighted by molar-refractivity contribution is 0.0775. The van der Waals surface area contributed by atoms with Gasteiger partial charge in [-0.15, -0.1) is 0 Å². The van der Waals surface area contributed by atoms with Crippen LogP contribution in [0.1, 0.15) is 52.1 Å². The van der Waals surface area contributed by atoms with Gasteiger partial charge >= 0.3 is 0 Å². The highest BCUT2D eigenvalue weighted by Crippen LogP contribution is 2.22. The second-order valence-corrected chi connectivity index (χ2v) is 8.45. The van der Waals surface area contributed by atoms with Crippen LogP contribution >= 0.6 is 0 Å². The number of aryl methyl sites for hydroxylation is 1. The molecule has 7 heteroatoms. The third-order valence-electron chi connectivity index (χ3n) is 6.13. The van der Waals surface area contributed by atoms with Crippen LogP contribution in [0, 0.1) is 13.8 Å². The number of nitrogens with two attached hydrogens (primary N) is 1. The number of aromatic nitrogens is 2. The SMILES string of the molecule is Cc1cc(C(=O)CO/N=C(/N)c2cccnc2N2CCCCC2)c(C)n1Cc1ccccc1. The van der Waals surface area contributed by atoms with Gasteiger partial charge in [0.25, 0.3) is 0 Å². The molecule has 0 bridgehead atoms. The molecule has 1 saturated heterocycles. The van der Waals surface area contributed by atoms with Crippen LogP contribution in [0.5, 0.6) is 0 Å². The molecule has 1 aliphatic rings. The lowest BCUT2D eigenvalue weighted by Crippen LogP contribution is -2.32. The number of Topliss-reactive ketones (excluding diaryl/α,β-unsaturated/α-hetero) is 1. The fourth-order valence-corrected chi connectivity index (χ4v) is 4.33. The quantitative estimate of drug-likeness (QED) is 0.245. The summed E-state index contributed by atoms with van der Waals surface area (Å²) in [6, 6.07) is 15.8. The molecule has 2 N–H and O–H groups in total. The fourth-order valence-electron chi connectivity index (χ4n) is 4.33. The minimum atomic E-state index is -0.171. The van der Waals surface area contributed by atoms with Crippen LogP contribution in [0.25, 0.3) is 0 Å². The van der Waals surface area contributed by atoms with E-state index in [-0.39, 0.29) is 18.2 Å². The van der Waals surface area contributed by atoms with Gasteiger partial charge in [-0.2, -0.15) is 0 Å². The van der Waals surface area contributed by atoms with E-state index in [0.29, 0.717) is 5.56 Å². The molecule has 0 amide bonds. The first-order valence-corrected chi connectivity index (χ1v) is 11.4. The van der Waals surface area contributed by atoms with Gasteiger partial charge in [-0.1, -0.05) is 35.5 Å². The summed E-state index contributed by atoms with van der Waals surface area (Å²) in [6.07, 6.45) is 5.28. The molecule has 172 valence electrons. The predicted octanol–water partition coefficient (Wildman–Crippen LogP) is 4.06. The Morgan fingerprint density at radius 2 is 1.82 bits per heavy atom. The maximum Gasteiger partial charge on any atom is 0.204 e. The number of carbonyl (C=O) groups excluding carboxylic acids is 1. The Bertz CT molecular complexity index is 1130. The van der Waals surface area contributed by atoms with Crippen molar-refractivity contribution in [2.45, 2.75) is 39.7 Å². The fraction of sp³-hybridized carbons (Fsp3) is 0.346. The number of hydrogen-bond donors (Lipinski definition) is 1. The van der Waals surface area contributed by atoms with Crippen LogP contribution < -0.4 is 10.6 Å². The van der Waals surface area contributed by atoms with Crippen molar-refractivity contribution in [3.8, 4) is 0 Å². The summed E-state index contributed by atoms with van der Waals surface area (Å²) >= 11 is 0. The highest BCUT2D eigenvalue weighted by atomic mass is 16.6. The largest absolute Gasteiger partial charge is 0.386 e. The van der Waals surface area contributed by atoms with E-state index in [1.54, 1.807) is 6.20 Å². The molecule has 33 heavy (non-hydrogen) atoms. The minimum absolute atomic E-state index is 0.124. The third-order valence-corrected chi connectivity index (χ3v) is 6.13. The van der Waals surface area contributed by atoms with Gasteiger partial charge in [-0.25, -0.2) is 4.98 Å². The number of piperidine rings is 1. The Kier molecular flexibility index (Phi) is 7.07. The van der Waals surface area contributed by atoms with Crippen LogP contribution in [0.3, 0.4) is 0 Å². The molecule has 0 saturated carbocycles. The lowest BCUT2D eigenvalue weighted by atomic mass is 10.1. The van der Waals surface area contributed by atoms with Crippen molar-refractivity contribution >= 4 is 17.4 Å². The summed E-state index contributed by atoms with van der Waals surface area (Å²) in [4.78, 5) is 25.0. The zero-order valence-electron chi connectivity index (χ0n) is 19.3. The molecule has 0 unspecified atom stereocenters. The molecule has 4 rings (SSSR count). The van der Waals surface area contributed by atoms with Gasteiger partial charge in [0.1, 0.15) is 5.82 Å². The van der Waals surface area contributed by atoms with Gasteiger partial charge in [0, 0.05) is 42.8 Å². The first-order chi connectivity index (χ1) is 16.0. The minimum Gasteiger partial charge on any atom is -0.386 e. The zero-order valence-corrected chi connectivity index (χ0v) is 19.3. The predicted molar refractivity (Wildman–Crippen MR) is 131 cm³/mol. The summed E-state index contributed by atoms with van der Waals surface area (Å²) in [5, 5.41) is 4.04. The highest BCUT2D eigenvalue weighted by molar-refractivity contribution is 6.02. The van der Waals surface area contributed by atoms with Crippen molar-refractivity contribution in [3.05, 3.63) is 82.8 Å². The van der Waals surface area contributed by atoms with Crippen LogP contribution in [-0.2, 0) is 11.4 Å². The van der Waals surface area contributed by atoms with Crippen molar-refractivity contribution in [2.24, 2.45) is 10.9 Å². The maximum atomic E-state index is 12.8. The van der Waals surface area contributed by atoms with E-state index < -0.39 is 0 Å². The average molecular weight is 446 g/mol. The van der Waals surface area contributed by atoms with Crippen molar-refractivity contribution in [1.29, 1.82) is 0 Å². The molecule has 3 aromatic rings. The molecule has 1 aliphatic heterocycles. The summed E-state index contributed by atoms with van der Waals surface area (Å²) < 4.78 is 2.14. The number of oxime groups is 1. The monoisotopic (exact) mass is 445 g/mol. The average Bonchev–Trinajstić information content (AvgIpc) is 3.13. The number of hydrogen-bond acceptors (Lipinski definition) is 5. The van der Waals surface area contributed by atoms with Gasteiger partial charge in [0.05, 0.1) is 5.56 Å². The van der Waals surface area contributed by atoms with Crippen molar-refractivity contribution in [1.82, 2.24) is 9.55 Å². The van der Waals surface area contributed by atoms with Crippen LogP contribution in [0.2, 0.25) is 0 Å². The number of pyridine rings is 1. The summed E-state index contributed by atoms with van der Waals surface area (Å²) in [6.45, 7) is 6.42. The van der Waals surface area contributed by atoms with Crippen molar-refractivity contribution < 1.29 is 9.63 Å². The molecule has 0 spiro atoms. The van der Waals surface area contributed by atoms with Crippen molar-refractivity contribution in [3.63, 3.8) is 0 Å². The van der Waals surface area contributed by atoms with Crippen molar-refractivity contribution in [2.75, 3.05) is 24.6 Å². The number of rotatable bonds is 8. The zero-order chi connectivity index (χ0) is 23.2. The maximum absolute atomic E-state index is 12.8. The lowest BCUT2D eigenvalue weighted by Gasteiger charge is -2.29. The van der Waals surface area contributed by atoms with E-state index >= 15 is 0 Å². The van der Waals surface area contributed by atoms with Crippen LogP contribution in [0.15, 0.2) is 59.9 Å². The van der Waals surface area contributed by atoms with Crippen LogP contribution in [0.4, 0.5) is 5.82 Å². The molecular weight excluding hydrogens is 414 g/mol. The highest BCUT2D eigenvalue weighted by Gasteiger charge is 2.19. The Morgan fingerprint density at radius 1 is 1.06 bits per heavy atom. The first-order valence-electron chi connectivity index (χ1n) is 11.4. The molecule has 2 aromatic heterocycles. The Labute approximate surface area is 194 Å². The molecule has 1 fully saturated rings. The molecule has 0 atom stereocenters. The van der Waals surface area contributed by atoms with Gasteiger partial charge in [0.2, 0.25) is 5.78 Å². The van der Waals surface area contributed by atoms with Gasteiger partial charge < -0.3 is 20.0 Å². The Hall–Kier alpha value is -3.61. The number of anilines is 1. The van der Waals surface area contributed by atoms with E-state index in [1.807, 2.05) is 50.2 Å². The Balaban J connectivity index is 1.43. The molecule has 0 aliphatic carbocycles. The Morgan fingerprint density at radius 3 is 2.58 bits per heavy atom. The second kappa shape index (κ2) is 10.3. The molecule has 7 nitrogen and oxygen atoms in total. The smallest absolute Gasteiger partial charge is 0.204 e. The van der Waals surface area contributed by atoms with E-state index in [1.165, 1.54) is 12.0 Å². The third kappa shape index (κ3) is 5.25. The van der Waals surface area contributed by atoms with E-state index in [0.717, 1.165) is 55.2 Å². The van der Waals surface area contributed by atoms with Gasteiger partial charge in [-0.3, -0.25) is 4.79 Å². The molecule has 0 radical (unpaired) electrons. The van der Waals surface area contributed by atoms with E-state index in [2.05, 4.69) is 31.7 Å². The van der Waals surface area contributed by atoms with Crippen LogP contribution in [-0.4, -0.2) is 40.9 Å². The molecule has 1 aromatic carbocycles. The number of ketones is 1. The summed E-state index contributed by atoms with van der Waals surface area (Å²) in [5.74, 6) is 0.922. The van der Waals surface area contributed by atoms with E-state index in [9.17, 15) is 4.79 Å². The molecule has 3 heterocycles. The summed E-state index contributed by atoms with van der Waals surface area (Å²) in [5.41, 5.74) is 10.7. The standard InChI is InChI=1S/C26H31N5O2/c1-19-16-23(20(2)31(19)17-21-10-5-3-6-11-21)24(32)18-33-29-25(27)22-12-9-13-28-26(22)30-14-7-4-8-15-30/h3,5-6,9-13,16H,4,7-8,14-15,17-18H2,1-2H3,(H2,27,29). The number of nitrogens with zero attached hydrogens (tertiary/aromatic N) is 4. The van der Waals surface area contributed by atoms with Gasteiger partial charge in [-0.05, 0) is 56.9 Å². The number of carbonyl (C=O) groups is 1.